The van der Waals surface area contributed by atoms with Gasteiger partial charge in [-0.15, -0.1) is 11.3 Å². The van der Waals surface area contributed by atoms with Crippen LogP contribution in [0.1, 0.15) is 16.1 Å². The van der Waals surface area contributed by atoms with Crippen molar-refractivity contribution in [3.8, 4) is 0 Å². The number of rotatable bonds is 4. The monoisotopic (exact) mass is 351 g/mol. The van der Waals surface area contributed by atoms with Gasteiger partial charge < -0.3 is 4.90 Å². The van der Waals surface area contributed by atoms with Crippen molar-refractivity contribution in [2.24, 2.45) is 0 Å². The molecule has 0 fully saturated rings. The zero-order valence-corrected chi connectivity index (χ0v) is 15.1. The van der Waals surface area contributed by atoms with Gasteiger partial charge in [-0.25, -0.2) is 4.98 Å². The van der Waals surface area contributed by atoms with E-state index in [-0.39, 0.29) is 5.91 Å². The summed E-state index contributed by atoms with van der Waals surface area (Å²) in [7, 11) is 1.87. The van der Waals surface area contributed by atoms with Crippen molar-refractivity contribution in [1.82, 2.24) is 14.8 Å². The lowest BCUT2D eigenvalue weighted by Gasteiger charge is -2.29. The number of hydrogen-bond acceptors (Lipinski definition) is 4. The molecule has 4 rings (SSSR count). The largest absolute Gasteiger partial charge is 0.338 e. The molecular formula is C20H21N3OS. The maximum absolute atomic E-state index is 12.6. The average Bonchev–Trinajstić information content (AvgIpc) is 3.03. The van der Waals surface area contributed by atoms with E-state index in [1.54, 1.807) is 16.2 Å². The summed E-state index contributed by atoms with van der Waals surface area (Å²) in [4.78, 5) is 21.3. The summed E-state index contributed by atoms with van der Waals surface area (Å²) in [6.07, 6.45) is 1.02. The maximum atomic E-state index is 12.6. The van der Waals surface area contributed by atoms with E-state index >= 15 is 0 Å². The van der Waals surface area contributed by atoms with Crippen LogP contribution < -0.4 is 0 Å². The van der Waals surface area contributed by atoms with Gasteiger partial charge in [-0.1, -0.05) is 36.4 Å². The van der Waals surface area contributed by atoms with E-state index in [1.807, 2.05) is 25.2 Å². The highest BCUT2D eigenvalue weighted by molar-refractivity contribution is 7.18. The number of benzene rings is 2. The van der Waals surface area contributed by atoms with Gasteiger partial charge in [0.15, 0.2) is 0 Å². The standard InChI is InChI=1S/C20H21N3OS/c1-22(13-19-21-17-8-4-5-9-18(17)25-19)20(24)14-23-11-10-15-6-2-3-7-16(15)12-23/h2-9H,10-14H2,1H3. The molecule has 5 heteroatoms. The molecule has 2 heterocycles. The fourth-order valence-corrected chi connectivity index (χ4v) is 4.30. The molecule has 1 aromatic heterocycles. The molecule has 0 spiro atoms. The van der Waals surface area contributed by atoms with Crippen LogP contribution in [-0.2, 0) is 24.3 Å². The predicted molar refractivity (Wildman–Crippen MR) is 102 cm³/mol. The first kappa shape index (κ1) is 16.2. The molecule has 0 aliphatic carbocycles. The van der Waals surface area contributed by atoms with Crippen LogP contribution in [0.4, 0.5) is 0 Å². The molecule has 3 aromatic rings. The van der Waals surface area contributed by atoms with Gasteiger partial charge in [-0.2, -0.15) is 0 Å². The van der Waals surface area contributed by atoms with E-state index in [0.29, 0.717) is 13.1 Å². The maximum Gasteiger partial charge on any atom is 0.236 e. The Kier molecular flexibility index (Phi) is 4.51. The lowest BCUT2D eigenvalue weighted by atomic mass is 10.00. The molecule has 2 aromatic carbocycles. The van der Waals surface area contributed by atoms with Gasteiger partial charge in [-0.3, -0.25) is 9.69 Å². The molecule has 25 heavy (non-hydrogen) atoms. The first-order valence-electron chi connectivity index (χ1n) is 8.56. The summed E-state index contributed by atoms with van der Waals surface area (Å²) in [5, 5.41) is 0.987. The van der Waals surface area contributed by atoms with Crippen LogP contribution in [0.5, 0.6) is 0 Å². The zero-order chi connectivity index (χ0) is 17.2. The summed E-state index contributed by atoms with van der Waals surface area (Å²) in [6.45, 7) is 2.84. The molecular weight excluding hydrogens is 330 g/mol. The molecule has 0 N–H and O–H groups in total. The minimum absolute atomic E-state index is 0.152. The average molecular weight is 351 g/mol. The van der Waals surface area contributed by atoms with Crippen LogP contribution in [0.25, 0.3) is 10.2 Å². The highest BCUT2D eigenvalue weighted by Crippen LogP contribution is 2.23. The summed E-state index contributed by atoms with van der Waals surface area (Å²) >= 11 is 1.66. The van der Waals surface area contributed by atoms with Crippen LogP contribution in [0, 0.1) is 0 Å². The van der Waals surface area contributed by atoms with Gasteiger partial charge in [0.1, 0.15) is 5.01 Å². The van der Waals surface area contributed by atoms with Gasteiger partial charge >= 0.3 is 0 Å². The van der Waals surface area contributed by atoms with Crippen LogP contribution in [0.3, 0.4) is 0 Å². The van der Waals surface area contributed by atoms with Gasteiger partial charge in [0.05, 0.1) is 23.3 Å². The summed E-state index contributed by atoms with van der Waals surface area (Å²) in [5.41, 5.74) is 3.76. The van der Waals surface area contributed by atoms with Crippen molar-refractivity contribution in [1.29, 1.82) is 0 Å². The lowest BCUT2D eigenvalue weighted by Crippen LogP contribution is -2.40. The Bertz CT molecular complexity index is 872. The first-order valence-corrected chi connectivity index (χ1v) is 9.38. The Morgan fingerprint density at radius 2 is 1.92 bits per heavy atom. The number of para-hydroxylation sites is 1. The second-order valence-corrected chi connectivity index (χ2v) is 7.67. The van der Waals surface area contributed by atoms with Crippen molar-refractivity contribution >= 4 is 27.5 Å². The van der Waals surface area contributed by atoms with Gasteiger partial charge in [-0.05, 0) is 29.7 Å². The number of carbonyl (C=O) groups excluding carboxylic acids is 1. The minimum Gasteiger partial charge on any atom is -0.338 e. The number of carbonyl (C=O) groups is 1. The van der Waals surface area contributed by atoms with Gasteiger partial charge in [0.25, 0.3) is 0 Å². The van der Waals surface area contributed by atoms with Crippen molar-refractivity contribution in [3.63, 3.8) is 0 Å². The van der Waals surface area contributed by atoms with Crippen LogP contribution in [-0.4, -0.2) is 40.8 Å². The highest BCUT2D eigenvalue weighted by atomic mass is 32.1. The fourth-order valence-electron chi connectivity index (χ4n) is 3.28. The van der Waals surface area contributed by atoms with E-state index in [9.17, 15) is 4.79 Å². The molecule has 0 unspecified atom stereocenters. The highest BCUT2D eigenvalue weighted by Gasteiger charge is 2.20. The molecule has 0 bridgehead atoms. The number of aromatic nitrogens is 1. The van der Waals surface area contributed by atoms with Gasteiger partial charge in [0.2, 0.25) is 5.91 Å². The Hall–Kier alpha value is -2.24. The minimum atomic E-state index is 0.152. The second kappa shape index (κ2) is 6.94. The van der Waals surface area contributed by atoms with Crippen LogP contribution in [0.2, 0.25) is 0 Å². The van der Waals surface area contributed by atoms with E-state index in [1.165, 1.54) is 15.8 Å². The topological polar surface area (TPSA) is 36.4 Å². The normalized spacial score (nSPS) is 14.4. The predicted octanol–water partition coefficient (Wildman–Crippen LogP) is 3.31. The van der Waals surface area contributed by atoms with E-state index in [0.717, 1.165) is 30.0 Å². The van der Waals surface area contributed by atoms with Crippen molar-refractivity contribution in [3.05, 3.63) is 64.7 Å². The Labute approximate surface area is 151 Å². The SMILES string of the molecule is CN(Cc1nc2ccccc2s1)C(=O)CN1CCc2ccccc2C1. The molecule has 0 saturated heterocycles. The number of hydrogen-bond donors (Lipinski definition) is 0. The first-order chi connectivity index (χ1) is 12.2. The molecule has 0 atom stereocenters. The smallest absolute Gasteiger partial charge is 0.236 e. The lowest BCUT2D eigenvalue weighted by molar-refractivity contribution is -0.131. The Morgan fingerprint density at radius 3 is 2.76 bits per heavy atom. The quantitative estimate of drug-likeness (QED) is 0.723. The third kappa shape index (κ3) is 3.57. The molecule has 1 amide bonds. The zero-order valence-electron chi connectivity index (χ0n) is 14.3. The Morgan fingerprint density at radius 1 is 1.16 bits per heavy atom. The summed E-state index contributed by atoms with van der Waals surface area (Å²) in [6, 6.07) is 16.6. The van der Waals surface area contributed by atoms with Crippen molar-refractivity contribution in [2.75, 3.05) is 20.1 Å². The number of nitrogens with zero attached hydrogens (tertiary/aromatic N) is 3. The summed E-state index contributed by atoms with van der Waals surface area (Å²) < 4.78 is 1.17. The van der Waals surface area contributed by atoms with Crippen molar-refractivity contribution in [2.45, 2.75) is 19.5 Å². The number of amides is 1. The second-order valence-electron chi connectivity index (χ2n) is 6.55. The van der Waals surface area contributed by atoms with E-state index < -0.39 is 0 Å². The van der Waals surface area contributed by atoms with E-state index in [2.05, 4.69) is 40.2 Å². The number of fused-ring (bicyclic) bond motifs is 2. The summed E-state index contributed by atoms with van der Waals surface area (Å²) in [5.74, 6) is 0.152. The van der Waals surface area contributed by atoms with Gasteiger partial charge in [0, 0.05) is 20.1 Å². The van der Waals surface area contributed by atoms with Crippen LogP contribution >= 0.6 is 11.3 Å². The molecule has 1 aliphatic heterocycles. The molecule has 1 aliphatic rings. The Balaban J connectivity index is 1.38. The van der Waals surface area contributed by atoms with Crippen molar-refractivity contribution < 1.29 is 4.79 Å². The van der Waals surface area contributed by atoms with E-state index in [4.69, 9.17) is 0 Å². The molecule has 4 nitrogen and oxygen atoms in total. The molecule has 128 valence electrons. The number of thiazole rings is 1. The third-order valence-corrected chi connectivity index (χ3v) is 5.73. The molecule has 0 radical (unpaired) electrons. The van der Waals surface area contributed by atoms with Crippen LogP contribution in [0.15, 0.2) is 48.5 Å². The molecule has 0 saturated carbocycles. The fraction of sp³-hybridized carbons (Fsp3) is 0.300. The number of likely N-dealkylation sites (N-methyl/N-ethyl adjacent to an activating group) is 1. The third-order valence-electron chi connectivity index (χ3n) is 4.70.